The molecule has 2 heterocycles. The summed E-state index contributed by atoms with van der Waals surface area (Å²) < 4.78 is 0. The van der Waals surface area contributed by atoms with Crippen LogP contribution in [0, 0.1) is 0 Å². The molecule has 4 N–H and O–H groups in total. The van der Waals surface area contributed by atoms with E-state index in [1.54, 1.807) is 12.4 Å². The van der Waals surface area contributed by atoms with E-state index in [-0.39, 0.29) is 0 Å². The summed E-state index contributed by atoms with van der Waals surface area (Å²) in [5.74, 6) is 0. The molecule has 2 aromatic rings. The predicted molar refractivity (Wildman–Crippen MR) is 104 cm³/mol. The monoisotopic (exact) mass is 344 g/mol. The number of likely N-dealkylation sites (N-methyl/N-ethyl adjacent to an activating group) is 1. The van der Waals surface area contributed by atoms with Crippen molar-refractivity contribution in [1.82, 2.24) is 19.8 Å². The number of hydrogen-bond donors (Lipinski definition) is 2. The van der Waals surface area contributed by atoms with E-state index in [9.17, 15) is 0 Å². The molecule has 0 saturated heterocycles. The van der Waals surface area contributed by atoms with Gasteiger partial charge in [0.2, 0.25) is 0 Å². The highest BCUT2D eigenvalue weighted by Crippen LogP contribution is 2.00. The van der Waals surface area contributed by atoms with Crippen molar-refractivity contribution in [2.24, 2.45) is 11.5 Å². The summed E-state index contributed by atoms with van der Waals surface area (Å²) >= 11 is 0. The first-order chi connectivity index (χ1) is 12.2. The van der Waals surface area contributed by atoms with Gasteiger partial charge in [0.25, 0.3) is 0 Å². The molecule has 138 valence electrons. The second kappa shape index (κ2) is 13.4. The van der Waals surface area contributed by atoms with E-state index in [0.717, 1.165) is 39.1 Å². The van der Waals surface area contributed by atoms with E-state index in [4.69, 9.17) is 11.5 Å². The van der Waals surface area contributed by atoms with Crippen LogP contribution >= 0.6 is 0 Å². The predicted octanol–water partition coefficient (Wildman–Crippen LogP) is 1.33. The molecule has 0 radical (unpaired) electrons. The smallest absolute Gasteiger partial charge is 0.0312 e. The van der Waals surface area contributed by atoms with Gasteiger partial charge in [-0.3, -0.25) is 9.97 Å². The van der Waals surface area contributed by atoms with Crippen LogP contribution in [0.15, 0.2) is 49.1 Å². The highest BCUT2D eigenvalue weighted by atomic mass is 15.1. The third-order valence-electron chi connectivity index (χ3n) is 3.61. The Morgan fingerprint density at radius 2 is 1.32 bits per heavy atom. The molecule has 0 saturated carbocycles. The van der Waals surface area contributed by atoms with Gasteiger partial charge in [0.15, 0.2) is 0 Å². The van der Waals surface area contributed by atoms with Gasteiger partial charge >= 0.3 is 0 Å². The van der Waals surface area contributed by atoms with E-state index in [0.29, 0.717) is 6.54 Å². The SMILES string of the molecule is CN(CCCN)Cc1cccnc1.CN(CCN)Cc1cccnc1. The topological polar surface area (TPSA) is 84.3 Å². The molecular formula is C19H32N6. The lowest BCUT2D eigenvalue weighted by molar-refractivity contribution is 0.324. The Kier molecular flexibility index (Phi) is 11.4. The third-order valence-corrected chi connectivity index (χ3v) is 3.61. The lowest BCUT2D eigenvalue weighted by Gasteiger charge is -2.15. The van der Waals surface area contributed by atoms with Gasteiger partial charge in [0.1, 0.15) is 0 Å². The molecule has 0 atom stereocenters. The van der Waals surface area contributed by atoms with E-state index in [1.807, 2.05) is 24.5 Å². The number of rotatable bonds is 9. The Bertz CT molecular complexity index is 534. The van der Waals surface area contributed by atoms with Crippen molar-refractivity contribution in [2.75, 3.05) is 40.3 Å². The van der Waals surface area contributed by atoms with Gasteiger partial charge in [0.05, 0.1) is 0 Å². The van der Waals surface area contributed by atoms with Gasteiger partial charge in [-0.25, -0.2) is 0 Å². The van der Waals surface area contributed by atoms with Crippen molar-refractivity contribution >= 4 is 0 Å². The minimum absolute atomic E-state index is 0.705. The lowest BCUT2D eigenvalue weighted by atomic mass is 10.2. The summed E-state index contributed by atoms with van der Waals surface area (Å²) in [6.07, 6.45) is 8.42. The van der Waals surface area contributed by atoms with Crippen LogP contribution in [0.5, 0.6) is 0 Å². The molecular weight excluding hydrogens is 312 g/mol. The van der Waals surface area contributed by atoms with E-state index in [2.05, 4.69) is 46.0 Å². The number of nitrogens with two attached hydrogens (primary N) is 2. The number of pyridine rings is 2. The van der Waals surface area contributed by atoms with Crippen molar-refractivity contribution in [2.45, 2.75) is 19.5 Å². The van der Waals surface area contributed by atoms with E-state index >= 15 is 0 Å². The van der Waals surface area contributed by atoms with Crippen LogP contribution in [0.4, 0.5) is 0 Å². The first-order valence-electron chi connectivity index (χ1n) is 8.70. The van der Waals surface area contributed by atoms with Crippen LogP contribution in [0.1, 0.15) is 17.5 Å². The highest BCUT2D eigenvalue weighted by molar-refractivity contribution is 5.08. The molecule has 6 heteroatoms. The molecule has 0 aliphatic rings. The minimum atomic E-state index is 0.705. The van der Waals surface area contributed by atoms with E-state index in [1.165, 1.54) is 11.1 Å². The molecule has 6 nitrogen and oxygen atoms in total. The van der Waals surface area contributed by atoms with Crippen molar-refractivity contribution in [3.05, 3.63) is 60.2 Å². The fourth-order valence-electron chi connectivity index (χ4n) is 2.35. The van der Waals surface area contributed by atoms with Crippen LogP contribution in [-0.4, -0.2) is 60.0 Å². The van der Waals surface area contributed by atoms with E-state index < -0.39 is 0 Å². The summed E-state index contributed by atoms with van der Waals surface area (Å²) in [7, 11) is 4.16. The Morgan fingerprint density at radius 3 is 1.72 bits per heavy atom. The van der Waals surface area contributed by atoms with Crippen molar-refractivity contribution in [1.29, 1.82) is 0 Å². The van der Waals surface area contributed by atoms with Gasteiger partial charge in [0, 0.05) is 51.0 Å². The second-order valence-electron chi connectivity index (χ2n) is 6.13. The normalized spacial score (nSPS) is 10.6. The van der Waals surface area contributed by atoms with Crippen LogP contribution in [0.2, 0.25) is 0 Å². The Labute approximate surface area is 151 Å². The van der Waals surface area contributed by atoms with Gasteiger partial charge in [-0.15, -0.1) is 0 Å². The maximum Gasteiger partial charge on any atom is 0.0312 e. The van der Waals surface area contributed by atoms with Crippen LogP contribution in [-0.2, 0) is 13.1 Å². The highest BCUT2D eigenvalue weighted by Gasteiger charge is 1.98. The van der Waals surface area contributed by atoms with Gasteiger partial charge in [-0.2, -0.15) is 0 Å². The summed E-state index contributed by atoms with van der Waals surface area (Å²) in [6.45, 7) is 5.31. The summed E-state index contributed by atoms with van der Waals surface area (Å²) in [5, 5.41) is 0. The second-order valence-corrected chi connectivity index (χ2v) is 6.13. The molecule has 0 spiro atoms. The standard InChI is InChI=1S/C10H17N3.C9H15N3/c1-13(7-3-5-11)9-10-4-2-6-12-8-10;1-12(6-4-10)8-9-3-2-5-11-7-9/h2,4,6,8H,3,5,7,9,11H2,1H3;2-3,5,7H,4,6,8,10H2,1H3. The Balaban J connectivity index is 0.000000251. The lowest BCUT2D eigenvalue weighted by Crippen LogP contribution is -2.24. The van der Waals surface area contributed by atoms with Gasteiger partial charge < -0.3 is 21.3 Å². The minimum Gasteiger partial charge on any atom is -0.330 e. The average Bonchev–Trinajstić information content (AvgIpc) is 2.62. The maximum absolute atomic E-state index is 5.43. The van der Waals surface area contributed by atoms with Crippen LogP contribution < -0.4 is 11.5 Å². The molecule has 0 aliphatic heterocycles. The molecule has 2 aromatic heterocycles. The maximum atomic E-state index is 5.43. The molecule has 2 rings (SSSR count). The first-order valence-corrected chi connectivity index (χ1v) is 8.70. The van der Waals surface area contributed by atoms with Crippen molar-refractivity contribution < 1.29 is 0 Å². The zero-order valence-electron chi connectivity index (χ0n) is 15.5. The third kappa shape index (κ3) is 10.6. The Hall–Kier alpha value is -1.86. The number of hydrogen-bond acceptors (Lipinski definition) is 6. The van der Waals surface area contributed by atoms with Gasteiger partial charge in [-0.1, -0.05) is 12.1 Å². The molecule has 25 heavy (non-hydrogen) atoms. The number of nitrogens with zero attached hydrogens (tertiary/aromatic N) is 4. The fraction of sp³-hybridized carbons (Fsp3) is 0.474. The van der Waals surface area contributed by atoms with Crippen LogP contribution in [0.3, 0.4) is 0 Å². The molecule has 0 fully saturated rings. The average molecular weight is 345 g/mol. The molecule has 0 bridgehead atoms. The summed E-state index contributed by atoms with van der Waals surface area (Å²) in [4.78, 5) is 12.5. The number of aromatic nitrogens is 2. The first kappa shape index (κ1) is 21.2. The Morgan fingerprint density at radius 1 is 0.800 bits per heavy atom. The van der Waals surface area contributed by atoms with Crippen LogP contribution in [0.25, 0.3) is 0 Å². The van der Waals surface area contributed by atoms with Gasteiger partial charge in [-0.05, 0) is 56.9 Å². The summed E-state index contributed by atoms with van der Waals surface area (Å²) in [6, 6.07) is 8.07. The zero-order chi connectivity index (χ0) is 18.3. The molecule has 0 unspecified atom stereocenters. The van der Waals surface area contributed by atoms with Crippen molar-refractivity contribution in [3.8, 4) is 0 Å². The quantitative estimate of drug-likeness (QED) is 0.714. The summed E-state index contributed by atoms with van der Waals surface area (Å²) in [5.41, 5.74) is 13.3. The molecule has 0 aliphatic carbocycles. The molecule has 0 amide bonds. The zero-order valence-corrected chi connectivity index (χ0v) is 15.5. The molecule has 0 aromatic carbocycles. The largest absolute Gasteiger partial charge is 0.330 e. The van der Waals surface area contributed by atoms with Crippen molar-refractivity contribution in [3.63, 3.8) is 0 Å². The fourth-order valence-corrected chi connectivity index (χ4v) is 2.35.